The van der Waals surface area contributed by atoms with Crippen LogP contribution < -0.4 is 14.8 Å². The zero-order valence-electron chi connectivity index (χ0n) is 14.2. The number of ether oxygens (including phenoxy) is 1. The average molecular weight is 373 g/mol. The van der Waals surface area contributed by atoms with E-state index in [9.17, 15) is 13.2 Å². The smallest absolute Gasteiger partial charge is 0.240 e. The minimum Gasteiger partial charge on any atom is -0.494 e. The highest BCUT2D eigenvalue weighted by Crippen LogP contribution is 2.16. The van der Waals surface area contributed by atoms with Gasteiger partial charge in [-0.1, -0.05) is 6.07 Å². The lowest BCUT2D eigenvalue weighted by atomic mass is 10.2. The van der Waals surface area contributed by atoms with Gasteiger partial charge in [0.15, 0.2) is 0 Å². The summed E-state index contributed by atoms with van der Waals surface area (Å²) in [6.07, 6.45) is -0.0347. The summed E-state index contributed by atoms with van der Waals surface area (Å²) in [6, 6.07) is 14.5. The van der Waals surface area contributed by atoms with Crippen molar-refractivity contribution in [3.63, 3.8) is 0 Å². The summed E-state index contributed by atoms with van der Waals surface area (Å²) in [4.78, 5) is 12.0. The highest BCUT2D eigenvalue weighted by Gasteiger charge is 2.14. The van der Waals surface area contributed by atoms with Crippen molar-refractivity contribution >= 4 is 21.6 Å². The van der Waals surface area contributed by atoms with E-state index >= 15 is 0 Å². The molecular formula is C18H19N3O4S. The molecule has 26 heavy (non-hydrogen) atoms. The van der Waals surface area contributed by atoms with Gasteiger partial charge in [-0.15, -0.1) is 0 Å². The molecule has 0 radical (unpaired) electrons. The van der Waals surface area contributed by atoms with E-state index in [0.29, 0.717) is 23.6 Å². The minimum atomic E-state index is -3.70. The van der Waals surface area contributed by atoms with E-state index in [0.717, 1.165) is 0 Å². The van der Waals surface area contributed by atoms with E-state index in [1.54, 1.807) is 36.4 Å². The molecule has 0 unspecified atom stereocenters. The van der Waals surface area contributed by atoms with Gasteiger partial charge in [0, 0.05) is 18.7 Å². The monoisotopic (exact) mass is 373 g/mol. The molecule has 0 saturated carbocycles. The van der Waals surface area contributed by atoms with Gasteiger partial charge in [-0.05, 0) is 49.4 Å². The van der Waals surface area contributed by atoms with Gasteiger partial charge in [-0.3, -0.25) is 4.79 Å². The number of nitrogens with zero attached hydrogens (tertiary/aromatic N) is 1. The second-order valence-corrected chi connectivity index (χ2v) is 7.06. The molecule has 2 rings (SSSR count). The standard InChI is InChI=1S/C18H19N3O4S/c1-2-25-16-6-8-17(9-7-16)26(23,24)20-11-10-18(22)21-15-5-3-4-14(12-15)13-19/h3-9,12,20H,2,10-11H2,1H3,(H,21,22). The van der Waals surface area contributed by atoms with Crippen LogP contribution in [-0.4, -0.2) is 27.5 Å². The highest BCUT2D eigenvalue weighted by molar-refractivity contribution is 7.89. The van der Waals surface area contributed by atoms with Crippen molar-refractivity contribution in [1.29, 1.82) is 5.26 Å². The largest absolute Gasteiger partial charge is 0.494 e. The van der Waals surface area contributed by atoms with Crippen LogP contribution in [0.2, 0.25) is 0 Å². The summed E-state index contributed by atoms with van der Waals surface area (Å²) in [5.41, 5.74) is 0.919. The Labute approximate surface area is 152 Å². The predicted molar refractivity (Wildman–Crippen MR) is 97.2 cm³/mol. The number of sulfonamides is 1. The number of hydrogen-bond donors (Lipinski definition) is 2. The molecule has 0 aliphatic carbocycles. The molecular weight excluding hydrogens is 354 g/mol. The lowest BCUT2D eigenvalue weighted by Gasteiger charge is -2.09. The SMILES string of the molecule is CCOc1ccc(S(=O)(=O)NCCC(=O)Nc2cccc(C#N)c2)cc1. The van der Waals surface area contributed by atoms with E-state index in [1.165, 1.54) is 12.1 Å². The molecule has 0 aromatic heterocycles. The number of hydrogen-bond acceptors (Lipinski definition) is 5. The summed E-state index contributed by atoms with van der Waals surface area (Å²) in [7, 11) is -3.70. The van der Waals surface area contributed by atoms with Crippen molar-refractivity contribution in [1.82, 2.24) is 4.72 Å². The quantitative estimate of drug-likeness (QED) is 0.738. The second kappa shape index (κ2) is 8.99. The lowest BCUT2D eigenvalue weighted by Crippen LogP contribution is -2.27. The second-order valence-electron chi connectivity index (χ2n) is 5.29. The Balaban J connectivity index is 1.87. The normalized spacial score (nSPS) is 10.8. The van der Waals surface area contributed by atoms with Crippen molar-refractivity contribution in [2.75, 3.05) is 18.5 Å². The Morgan fingerprint density at radius 3 is 2.58 bits per heavy atom. The molecule has 0 atom stereocenters. The first-order valence-electron chi connectivity index (χ1n) is 7.97. The van der Waals surface area contributed by atoms with Crippen LogP contribution in [0.4, 0.5) is 5.69 Å². The Morgan fingerprint density at radius 1 is 1.19 bits per heavy atom. The van der Waals surface area contributed by atoms with Gasteiger partial charge in [-0.2, -0.15) is 5.26 Å². The maximum atomic E-state index is 12.2. The lowest BCUT2D eigenvalue weighted by molar-refractivity contribution is -0.116. The summed E-state index contributed by atoms with van der Waals surface area (Å²) >= 11 is 0. The van der Waals surface area contributed by atoms with Gasteiger partial charge in [0.25, 0.3) is 0 Å². The Kier molecular flexibility index (Phi) is 6.72. The minimum absolute atomic E-state index is 0.0347. The number of nitriles is 1. The summed E-state index contributed by atoms with van der Waals surface area (Å²) in [5, 5.41) is 11.5. The van der Waals surface area contributed by atoms with E-state index in [1.807, 2.05) is 13.0 Å². The van der Waals surface area contributed by atoms with Crippen LogP contribution in [0.5, 0.6) is 5.75 Å². The predicted octanol–water partition coefficient (Wildman–Crippen LogP) is 2.26. The number of rotatable bonds is 8. The molecule has 0 bridgehead atoms. The van der Waals surface area contributed by atoms with Gasteiger partial charge < -0.3 is 10.1 Å². The van der Waals surface area contributed by atoms with E-state index < -0.39 is 10.0 Å². The fourth-order valence-electron chi connectivity index (χ4n) is 2.15. The van der Waals surface area contributed by atoms with Crippen molar-refractivity contribution < 1.29 is 17.9 Å². The molecule has 0 spiro atoms. The molecule has 2 aromatic rings. The fraction of sp³-hybridized carbons (Fsp3) is 0.222. The van der Waals surface area contributed by atoms with E-state index in [2.05, 4.69) is 10.0 Å². The van der Waals surface area contributed by atoms with Crippen LogP contribution in [0.25, 0.3) is 0 Å². The molecule has 0 saturated heterocycles. The van der Waals surface area contributed by atoms with Gasteiger partial charge in [-0.25, -0.2) is 13.1 Å². The van der Waals surface area contributed by atoms with Crippen LogP contribution in [0, 0.1) is 11.3 Å². The molecule has 0 fully saturated rings. The third-order valence-corrected chi connectivity index (χ3v) is 4.84. The van der Waals surface area contributed by atoms with Crippen molar-refractivity contribution in [2.45, 2.75) is 18.2 Å². The molecule has 2 N–H and O–H groups in total. The Bertz CT molecular complexity index is 903. The molecule has 7 nitrogen and oxygen atoms in total. The molecule has 8 heteroatoms. The topological polar surface area (TPSA) is 108 Å². The van der Waals surface area contributed by atoms with Crippen LogP contribution in [0.15, 0.2) is 53.4 Å². The molecule has 136 valence electrons. The highest BCUT2D eigenvalue weighted by atomic mass is 32.2. The Morgan fingerprint density at radius 2 is 1.92 bits per heavy atom. The average Bonchev–Trinajstić information content (AvgIpc) is 2.62. The number of benzene rings is 2. The number of anilines is 1. The fourth-order valence-corrected chi connectivity index (χ4v) is 3.19. The molecule has 2 aromatic carbocycles. The Hall–Kier alpha value is -2.89. The first-order chi connectivity index (χ1) is 12.4. The van der Waals surface area contributed by atoms with Crippen LogP contribution in [0.1, 0.15) is 18.9 Å². The summed E-state index contributed by atoms with van der Waals surface area (Å²) in [6.45, 7) is 2.30. The van der Waals surface area contributed by atoms with Gasteiger partial charge >= 0.3 is 0 Å². The van der Waals surface area contributed by atoms with Crippen LogP contribution in [-0.2, 0) is 14.8 Å². The van der Waals surface area contributed by atoms with Crippen molar-refractivity contribution in [2.24, 2.45) is 0 Å². The van der Waals surface area contributed by atoms with E-state index in [4.69, 9.17) is 10.00 Å². The van der Waals surface area contributed by atoms with Crippen LogP contribution in [0.3, 0.4) is 0 Å². The zero-order valence-corrected chi connectivity index (χ0v) is 15.0. The van der Waals surface area contributed by atoms with E-state index in [-0.39, 0.29) is 23.8 Å². The number of carbonyl (C=O) groups excluding carboxylic acids is 1. The molecule has 0 aliphatic rings. The van der Waals surface area contributed by atoms with Gasteiger partial charge in [0.2, 0.25) is 15.9 Å². The maximum Gasteiger partial charge on any atom is 0.240 e. The van der Waals surface area contributed by atoms with Crippen LogP contribution >= 0.6 is 0 Å². The third kappa shape index (κ3) is 5.58. The first-order valence-corrected chi connectivity index (χ1v) is 9.45. The third-order valence-electron chi connectivity index (χ3n) is 3.36. The van der Waals surface area contributed by atoms with Crippen molar-refractivity contribution in [3.8, 4) is 11.8 Å². The summed E-state index contributed by atoms with van der Waals surface area (Å²) in [5.74, 6) is 0.236. The van der Waals surface area contributed by atoms with Crippen molar-refractivity contribution in [3.05, 3.63) is 54.1 Å². The van der Waals surface area contributed by atoms with Gasteiger partial charge in [0.1, 0.15) is 5.75 Å². The van der Waals surface area contributed by atoms with Gasteiger partial charge in [0.05, 0.1) is 23.1 Å². The summed E-state index contributed by atoms with van der Waals surface area (Å²) < 4.78 is 32.1. The zero-order chi connectivity index (χ0) is 19.0. The molecule has 0 aliphatic heterocycles. The molecule has 1 amide bonds. The first kappa shape index (κ1) is 19.4. The number of carbonyl (C=O) groups is 1. The number of nitrogens with one attached hydrogen (secondary N) is 2. The maximum absolute atomic E-state index is 12.2. The molecule has 0 heterocycles. The number of amides is 1.